The van der Waals surface area contributed by atoms with E-state index in [2.05, 4.69) is 32.6 Å². The van der Waals surface area contributed by atoms with Gasteiger partial charge < -0.3 is 14.8 Å². The summed E-state index contributed by atoms with van der Waals surface area (Å²) in [5.41, 5.74) is 4.97. The number of H-pyrrole nitrogens is 1. The number of hydrogen-bond donors (Lipinski definition) is 2. The summed E-state index contributed by atoms with van der Waals surface area (Å²) < 4.78 is 11.1. The Morgan fingerprint density at radius 3 is 3.19 bits per heavy atom. The molecule has 0 aliphatic carbocycles. The van der Waals surface area contributed by atoms with Crippen LogP contribution in [0.15, 0.2) is 30.6 Å². The van der Waals surface area contributed by atoms with Crippen LogP contribution in [-0.2, 0) is 17.6 Å². The molecule has 3 aromatic heterocycles. The zero-order valence-electron chi connectivity index (χ0n) is 14.9. The summed E-state index contributed by atoms with van der Waals surface area (Å²) in [7, 11) is 0. The fourth-order valence-corrected chi connectivity index (χ4v) is 3.24. The van der Waals surface area contributed by atoms with Crippen molar-refractivity contribution in [1.29, 1.82) is 0 Å². The van der Waals surface area contributed by atoms with E-state index in [-0.39, 0.29) is 0 Å². The van der Waals surface area contributed by atoms with Crippen LogP contribution < -0.4 is 10.1 Å². The van der Waals surface area contributed by atoms with Crippen molar-refractivity contribution >= 4 is 16.7 Å². The van der Waals surface area contributed by atoms with Gasteiger partial charge >= 0.3 is 0 Å². The molecule has 0 bridgehead atoms. The van der Waals surface area contributed by atoms with Crippen molar-refractivity contribution in [3.63, 3.8) is 0 Å². The van der Waals surface area contributed by atoms with E-state index in [9.17, 15) is 0 Å². The molecule has 2 N–H and O–H groups in total. The van der Waals surface area contributed by atoms with Gasteiger partial charge in [0.05, 0.1) is 31.1 Å². The first kappa shape index (κ1) is 16.8. The summed E-state index contributed by atoms with van der Waals surface area (Å²) in [5, 5.41) is 10.8. The smallest absolute Gasteiger partial charge is 0.216 e. The number of aryl methyl sites for hydroxylation is 2. The molecule has 7 nitrogen and oxygen atoms in total. The topological polar surface area (TPSA) is 85.0 Å². The van der Waals surface area contributed by atoms with Crippen LogP contribution in [0, 0.1) is 0 Å². The Hall–Kier alpha value is -2.67. The van der Waals surface area contributed by atoms with Gasteiger partial charge in [-0.3, -0.25) is 5.10 Å². The van der Waals surface area contributed by atoms with Gasteiger partial charge in [0.1, 0.15) is 11.0 Å². The van der Waals surface area contributed by atoms with Gasteiger partial charge in [-0.2, -0.15) is 5.10 Å². The Bertz CT molecular complexity index is 873. The molecule has 1 unspecified atom stereocenters. The second-order valence-electron chi connectivity index (χ2n) is 6.40. The maximum absolute atomic E-state index is 5.62. The standard InChI is InChI=1S/C19H23N5O2/c1-2-26-19-13(4-3-8-20-19)5-6-14-10-16(23-15-7-9-25-12-15)18-17(22-14)11-21-24-18/h3-4,8,10-11,15H,2,5-7,9,12H2,1H3,(H,21,24)(H,22,23). The third-order valence-corrected chi connectivity index (χ3v) is 4.53. The number of nitrogens with one attached hydrogen (secondary N) is 2. The van der Waals surface area contributed by atoms with Crippen LogP contribution >= 0.6 is 0 Å². The molecule has 1 atom stereocenters. The van der Waals surface area contributed by atoms with Gasteiger partial charge in [-0.25, -0.2) is 9.97 Å². The van der Waals surface area contributed by atoms with E-state index in [4.69, 9.17) is 14.5 Å². The number of hydrogen-bond acceptors (Lipinski definition) is 6. The Balaban J connectivity index is 1.55. The molecule has 0 radical (unpaired) electrons. The lowest BCUT2D eigenvalue weighted by molar-refractivity contribution is 0.195. The molecule has 0 amide bonds. The SMILES string of the molecule is CCOc1ncccc1CCc1cc(NC2CCOC2)c2[nH]ncc2n1. The maximum atomic E-state index is 5.62. The first-order valence-electron chi connectivity index (χ1n) is 9.07. The minimum absolute atomic E-state index is 0.333. The van der Waals surface area contributed by atoms with Gasteiger partial charge in [0.25, 0.3) is 0 Å². The Morgan fingerprint density at radius 2 is 2.35 bits per heavy atom. The minimum atomic E-state index is 0.333. The summed E-state index contributed by atoms with van der Waals surface area (Å²) in [6.07, 6.45) is 6.18. The first-order valence-corrected chi connectivity index (χ1v) is 9.07. The average molecular weight is 353 g/mol. The summed E-state index contributed by atoms with van der Waals surface area (Å²) in [6.45, 7) is 4.13. The quantitative estimate of drug-likeness (QED) is 0.679. The highest BCUT2D eigenvalue weighted by molar-refractivity contribution is 5.87. The van der Waals surface area contributed by atoms with E-state index in [1.165, 1.54) is 0 Å². The van der Waals surface area contributed by atoms with Crippen LogP contribution in [0.1, 0.15) is 24.6 Å². The minimum Gasteiger partial charge on any atom is -0.478 e. The van der Waals surface area contributed by atoms with Crippen molar-refractivity contribution < 1.29 is 9.47 Å². The van der Waals surface area contributed by atoms with E-state index >= 15 is 0 Å². The predicted molar refractivity (Wildman–Crippen MR) is 99.5 cm³/mol. The van der Waals surface area contributed by atoms with Crippen LogP contribution in [0.2, 0.25) is 0 Å². The van der Waals surface area contributed by atoms with Gasteiger partial charge in [-0.1, -0.05) is 6.07 Å². The van der Waals surface area contributed by atoms with E-state index in [0.29, 0.717) is 18.5 Å². The zero-order chi connectivity index (χ0) is 17.8. The van der Waals surface area contributed by atoms with Gasteiger partial charge in [0.15, 0.2) is 0 Å². The van der Waals surface area contributed by atoms with Crippen molar-refractivity contribution in [2.75, 3.05) is 25.1 Å². The molecule has 0 saturated carbocycles. The largest absolute Gasteiger partial charge is 0.478 e. The van der Waals surface area contributed by atoms with E-state index in [0.717, 1.165) is 60.5 Å². The van der Waals surface area contributed by atoms with E-state index < -0.39 is 0 Å². The number of aromatic nitrogens is 4. The normalized spacial score (nSPS) is 16.9. The van der Waals surface area contributed by atoms with Gasteiger partial charge in [0.2, 0.25) is 5.88 Å². The molecule has 7 heteroatoms. The summed E-state index contributed by atoms with van der Waals surface area (Å²) in [5.74, 6) is 0.709. The molecular formula is C19H23N5O2. The Kier molecular flexibility index (Phi) is 4.97. The number of pyridine rings is 2. The van der Waals surface area contributed by atoms with Crippen molar-refractivity contribution in [2.45, 2.75) is 32.2 Å². The lowest BCUT2D eigenvalue weighted by atomic mass is 10.1. The molecule has 0 aromatic carbocycles. The predicted octanol–water partition coefficient (Wildman–Crippen LogP) is 2.74. The monoisotopic (exact) mass is 353 g/mol. The summed E-state index contributed by atoms with van der Waals surface area (Å²) in [6, 6.07) is 6.44. The van der Waals surface area contributed by atoms with Crippen molar-refractivity contribution in [1.82, 2.24) is 20.2 Å². The summed E-state index contributed by atoms with van der Waals surface area (Å²) >= 11 is 0. The number of fused-ring (bicyclic) bond motifs is 1. The van der Waals surface area contributed by atoms with Gasteiger partial charge in [-0.15, -0.1) is 0 Å². The second-order valence-corrected chi connectivity index (χ2v) is 6.40. The molecule has 4 rings (SSSR count). The molecule has 3 aromatic rings. The molecule has 4 heterocycles. The molecule has 1 aliphatic heterocycles. The molecule has 26 heavy (non-hydrogen) atoms. The van der Waals surface area contributed by atoms with Crippen LogP contribution in [-0.4, -0.2) is 46.0 Å². The number of aromatic amines is 1. The fraction of sp³-hybridized carbons (Fsp3) is 0.421. The number of ether oxygens (including phenoxy) is 2. The number of rotatable bonds is 7. The summed E-state index contributed by atoms with van der Waals surface area (Å²) in [4.78, 5) is 9.06. The van der Waals surface area contributed by atoms with E-state index in [1.807, 2.05) is 13.0 Å². The highest BCUT2D eigenvalue weighted by Gasteiger charge is 2.17. The van der Waals surface area contributed by atoms with Gasteiger partial charge in [-0.05, 0) is 38.3 Å². The number of anilines is 1. The molecule has 1 aliphatic rings. The van der Waals surface area contributed by atoms with Crippen LogP contribution in [0.3, 0.4) is 0 Å². The van der Waals surface area contributed by atoms with E-state index in [1.54, 1.807) is 12.4 Å². The van der Waals surface area contributed by atoms with Gasteiger partial charge in [0, 0.05) is 24.1 Å². The average Bonchev–Trinajstić information content (AvgIpc) is 3.33. The van der Waals surface area contributed by atoms with Crippen molar-refractivity contribution in [2.24, 2.45) is 0 Å². The molecule has 0 spiro atoms. The molecule has 136 valence electrons. The lowest BCUT2D eigenvalue weighted by Crippen LogP contribution is -2.19. The third-order valence-electron chi connectivity index (χ3n) is 4.53. The zero-order valence-corrected chi connectivity index (χ0v) is 14.9. The molecule has 1 saturated heterocycles. The second kappa shape index (κ2) is 7.70. The van der Waals surface area contributed by atoms with Crippen LogP contribution in [0.5, 0.6) is 5.88 Å². The lowest BCUT2D eigenvalue weighted by Gasteiger charge is -2.14. The Labute approximate surface area is 152 Å². The third kappa shape index (κ3) is 3.62. The van der Waals surface area contributed by atoms with Crippen molar-refractivity contribution in [3.8, 4) is 5.88 Å². The highest BCUT2D eigenvalue weighted by Crippen LogP contribution is 2.24. The van der Waals surface area contributed by atoms with Crippen LogP contribution in [0.4, 0.5) is 5.69 Å². The fourth-order valence-electron chi connectivity index (χ4n) is 3.24. The number of nitrogens with zero attached hydrogens (tertiary/aromatic N) is 3. The van der Waals surface area contributed by atoms with Crippen LogP contribution in [0.25, 0.3) is 11.0 Å². The van der Waals surface area contributed by atoms with Crippen molar-refractivity contribution in [3.05, 3.63) is 41.9 Å². The highest BCUT2D eigenvalue weighted by atomic mass is 16.5. The maximum Gasteiger partial charge on any atom is 0.216 e. The molecular weight excluding hydrogens is 330 g/mol. The molecule has 1 fully saturated rings. The Morgan fingerprint density at radius 1 is 1.38 bits per heavy atom. The first-order chi connectivity index (χ1) is 12.8.